The van der Waals surface area contributed by atoms with E-state index in [2.05, 4.69) is 10.3 Å². The monoisotopic (exact) mass is 379 g/mol. The Balaban J connectivity index is 1.62. The van der Waals surface area contributed by atoms with Gasteiger partial charge in [0.25, 0.3) is 5.91 Å². The summed E-state index contributed by atoms with van der Waals surface area (Å²) in [4.78, 5) is 17.3. The Morgan fingerprint density at radius 1 is 1.28 bits per heavy atom. The second kappa shape index (κ2) is 7.23. The molecule has 2 heterocycles. The van der Waals surface area contributed by atoms with Crippen molar-refractivity contribution in [3.63, 3.8) is 0 Å². The van der Waals surface area contributed by atoms with Crippen molar-refractivity contribution >= 4 is 27.3 Å². The Hall–Kier alpha value is -1.77. The van der Waals surface area contributed by atoms with Crippen molar-refractivity contribution in [2.24, 2.45) is 0 Å². The standard InChI is InChI=1S/C17H21N3O3S2/c1-12-4-3-5-15(10-12)25(22,23)20-8-6-14(7-9-20)19-17(21)16-13(2)18-11-24-16/h3-5,10-11,14H,6-9H2,1-2H3,(H,19,21). The molecule has 2 aromatic rings. The van der Waals surface area contributed by atoms with Crippen LogP contribution in [0.1, 0.15) is 33.8 Å². The van der Waals surface area contributed by atoms with Crippen LogP contribution in [0.15, 0.2) is 34.7 Å². The fourth-order valence-corrected chi connectivity index (χ4v) is 5.22. The van der Waals surface area contributed by atoms with E-state index >= 15 is 0 Å². The number of nitrogens with one attached hydrogen (secondary N) is 1. The van der Waals surface area contributed by atoms with Gasteiger partial charge in [-0.25, -0.2) is 13.4 Å². The van der Waals surface area contributed by atoms with E-state index in [1.54, 1.807) is 23.7 Å². The van der Waals surface area contributed by atoms with Crippen LogP contribution in [0, 0.1) is 13.8 Å². The van der Waals surface area contributed by atoms with Gasteiger partial charge >= 0.3 is 0 Å². The van der Waals surface area contributed by atoms with Gasteiger partial charge in [0.15, 0.2) is 0 Å². The van der Waals surface area contributed by atoms with Crippen molar-refractivity contribution in [2.75, 3.05) is 13.1 Å². The Morgan fingerprint density at radius 2 is 2.00 bits per heavy atom. The maximum Gasteiger partial charge on any atom is 0.263 e. The first kappa shape index (κ1) is 18.0. The summed E-state index contributed by atoms with van der Waals surface area (Å²) in [6.45, 7) is 4.50. The van der Waals surface area contributed by atoms with Crippen molar-refractivity contribution in [1.29, 1.82) is 0 Å². The first-order chi connectivity index (χ1) is 11.9. The molecular formula is C17H21N3O3S2. The molecule has 1 fully saturated rings. The van der Waals surface area contributed by atoms with E-state index in [-0.39, 0.29) is 11.9 Å². The predicted octanol–water partition coefficient (Wildman–Crippen LogP) is 2.34. The van der Waals surface area contributed by atoms with E-state index in [9.17, 15) is 13.2 Å². The number of benzene rings is 1. The molecule has 25 heavy (non-hydrogen) atoms. The zero-order valence-corrected chi connectivity index (χ0v) is 15.9. The van der Waals surface area contributed by atoms with Gasteiger partial charge in [-0.15, -0.1) is 11.3 Å². The molecule has 1 N–H and O–H groups in total. The van der Waals surface area contributed by atoms with Crippen LogP contribution in [0.2, 0.25) is 0 Å². The molecule has 8 heteroatoms. The summed E-state index contributed by atoms with van der Waals surface area (Å²) in [5.41, 5.74) is 3.30. The van der Waals surface area contributed by atoms with Gasteiger partial charge in [-0.1, -0.05) is 12.1 Å². The summed E-state index contributed by atoms with van der Waals surface area (Å²) in [5.74, 6) is -0.125. The number of amides is 1. The highest BCUT2D eigenvalue weighted by Gasteiger charge is 2.30. The van der Waals surface area contributed by atoms with E-state index in [0.29, 0.717) is 35.7 Å². The van der Waals surface area contributed by atoms with Crippen molar-refractivity contribution in [3.8, 4) is 0 Å². The number of rotatable bonds is 4. The molecule has 0 atom stereocenters. The number of aromatic nitrogens is 1. The molecule has 1 saturated heterocycles. The average molecular weight is 380 g/mol. The molecule has 0 aliphatic carbocycles. The van der Waals surface area contributed by atoms with E-state index in [4.69, 9.17) is 0 Å². The van der Waals surface area contributed by atoms with E-state index in [1.165, 1.54) is 15.6 Å². The molecule has 1 aliphatic rings. The van der Waals surface area contributed by atoms with Crippen LogP contribution in [0.3, 0.4) is 0 Å². The van der Waals surface area contributed by atoms with E-state index in [0.717, 1.165) is 11.3 Å². The fourth-order valence-electron chi connectivity index (χ4n) is 2.94. The Labute approximate surface area is 151 Å². The molecular weight excluding hydrogens is 358 g/mol. The van der Waals surface area contributed by atoms with E-state index < -0.39 is 10.0 Å². The number of aryl methyl sites for hydroxylation is 2. The minimum absolute atomic E-state index is 0.0158. The Morgan fingerprint density at radius 3 is 2.60 bits per heavy atom. The summed E-state index contributed by atoms with van der Waals surface area (Å²) in [5, 5.41) is 2.99. The smallest absolute Gasteiger partial charge is 0.263 e. The third kappa shape index (κ3) is 3.91. The number of hydrogen-bond donors (Lipinski definition) is 1. The van der Waals surface area contributed by atoms with Crippen LogP contribution in [0.4, 0.5) is 0 Å². The molecule has 134 valence electrons. The molecule has 1 aliphatic heterocycles. The summed E-state index contributed by atoms with van der Waals surface area (Å²) >= 11 is 1.32. The molecule has 6 nitrogen and oxygen atoms in total. The molecule has 1 aromatic carbocycles. The lowest BCUT2D eigenvalue weighted by molar-refractivity contribution is 0.0927. The number of piperidine rings is 1. The zero-order valence-electron chi connectivity index (χ0n) is 14.2. The molecule has 0 radical (unpaired) electrons. The fraction of sp³-hybridized carbons (Fsp3) is 0.412. The van der Waals surface area contributed by atoms with Crippen molar-refractivity contribution in [2.45, 2.75) is 37.6 Å². The summed E-state index contributed by atoms with van der Waals surface area (Å²) in [6, 6.07) is 6.94. The SMILES string of the molecule is Cc1cccc(S(=O)(=O)N2CCC(NC(=O)c3scnc3C)CC2)c1. The van der Waals surface area contributed by atoms with Gasteiger partial charge in [0, 0.05) is 19.1 Å². The molecule has 0 bridgehead atoms. The lowest BCUT2D eigenvalue weighted by Crippen LogP contribution is -2.46. The highest BCUT2D eigenvalue weighted by Crippen LogP contribution is 2.22. The first-order valence-corrected chi connectivity index (χ1v) is 10.5. The average Bonchev–Trinajstić information content (AvgIpc) is 3.01. The molecule has 1 amide bonds. The Bertz CT molecular complexity index is 869. The zero-order chi connectivity index (χ0) is 18.0. The summed E-state index contributed by atoms with van der Waals surface area (Å²) in [6.07, 6.45) is 1.21. The lowest BCUT2D eigenvalue weighted by Gasteiger charge is -2.31. The van der Waals surface area contributed by atoms with E-state index in [1.807, 2.05) is 19.9 Å². The second-order valence-electron chi connectivity index (χ2n) is 6.24. The van der Waals surface area contributed by atoms with Crippen LogP contribution in [0.25, 0.3) is 0 Å². The summed E-state index contributed by atoms with van der Waals surface area (Å²) < 4.78 is 27.0. The van der Waals surface area contributed by atoms with Gasteiger partial charge in [0.2, 0.25) is 10.0 Å². The second-order valence-corrected chi connectivity index (χ2v) is 9.03. The van der Waals surface area contributed by atoms with Crippen LogP contribution in [-0.4, -0.2) is 42.7 Å². The maximum atomic E-state index is 12.7. The van der Waals surface area contributed by atoms with Gasteiger partial charge in [-0.05, 0) is 44.4 Å². The molecule has 3 rings (SSSR count). The minimum atomic E-state index is -3.47. The normalized spacial score (nSPS) is 16.7. The third-order valence-electron chi connectivity index (χ3n) is 4.37. The number of hydrogen-bond acceptors (Lipinski definition) is 5. The molecule has 0 saturated carbocycles. The largest absolute Gasteiger partial charge is 0.348 e. The number of carbonyl (C=O) groups excluding carboxylic acids is 1. The summed E-state index contributed by atoms with van der Waals surface area (Å²) in [7, 11) is -3.47. The number of thiazole rings is 1. The number of sulfonamides is 1. The van der Waals surface area contributed by atoms with Crippen molar-refractivity contribution in [1.82, 2.24) is 14.6 Å². The molecule has 0 spiro atoms. The topological polar surface area (TPSA) is 79.4 Å². The highest BCUT2D eigenvalue weighted by molar-refractivity contribution is 7.89. The minimum Gasteiger partial charge on any atom is -0.348 e. The first-order valence-electron chi connectivity index (χ1n) is 8.15. The van der Waals surface area contributed by atoms with Crippen LogP contribution in [-0.2, 0) is 10.0 Å². The third-order valence-corrected chi connectivity index (χ3v) is 7.19. The lowest BCUT2D eigenvalue weighted by atomic mass is 10.1. The Kier molecular flexibility index (Phi) is 5.21. The van der Waals surface area contributed by atoms with Gasteiger partial charge < -0.3 is 5.32 Å². The van der Waals surface area contributed by atoms with Gasteiger partial charge in [-0.3, -0.25) is 4.79 Å². The number of nitrogens with zero attached hydrogens (tertiary/aromatic N) is 2. The highest BCUT2D eigenvalue weighted by atomic mass is 32.2. The van der Waals surface area contributed by atoms with Crippen molar-refractivity contribution in [3.05, 3.63) is 45.9 Å². The van der Waals surface area contributed by atoms with Gasteiger partial charge in [0.05, 0.1) is 16.1 Å². The van der Waals surface area contributed by atoms with Crippen LogP contribution in [0.5, 0.6) is 0 Å². The maximum absolute atomic E-state index is 12.7. The van der Waals surface area contributed by atoms with Gasteiger partial charge in [0.1, 0.15) is 4.88 Å². The van der Waals surface area contributed by atoms with Crippen LogP contribution >= 0.6 is 11.3 Å². The quantitative estimate of drug-likeness (QED) is 0.884. The van der Waals surface area contributed by atoms with Crippen molar-refractivity contribution < 1.29 is 13.2 Å². The van der Waals surface area contributed by atoms with Gasteiger partial charge in [-0.2, -0.15) is 4.31 Å². The predicted molar refractivity (Wildman–Crippen MR) is 97.3 cm³/mol. The molecule has 1 aromatic heterocycles. The molecule has 0 unspecified atom stereocenters. The van der Waals surface area contributed by atoms with Crippen LogP contribution < -0.4 is 5.32 Å². The number of carbonyl (C=O) groups is 1.